The van der Waals surface area contributed by atoms with Gasteiger partial charge in [0.05, 0.1) is 5.52 Å². The molecule has 0 radical (unpaired) electrons. The Balaban J connectivity index is 2.27. The Kier molecular flexibility index (Phi) is 1.53. The second-order valence-electron chi connectivity index (χ2n) is 3.23. The quantitative estimate of drug-likeness (QED) is 0.627. The second-order valence-corrected chi connectivity index (χ2v) is 3.23. The average molecular weight is 200 g/mol. The van der Waals surface area contributed by atoms with E-state index < -0.39 is 0 Å². The minimum Gasteiger partial charge on any atom is -0.381 e. The Bertz CT molecular complexity index is 610. The van der Waals surface area contributed by atoms with Gasteiger partial charge in [0.1, 0.15) is 5.69 Å². The van der Waals surface area contributed by atoms with Crippen LogP contribution in [0.25, 0.3) is 22.4 Å². The van der Waals surface area contributed by atoms with Crippen LogP contribution in [0.1, 0.15) is 0 Å². The first kappa shape index (κ1) is 8.05. The van der Waals surface area contributed by atoms with Crippen molar-refractivity contribution in [1.82, 2.24) is 15.4 Å². The number of H-pyrrole nitrogens is 1. The van der Waals surface area contributed by atoms with Crippen molar-refractivity contribution < 1.29 is 4.52 Å². The fraction of sp³-hybridized carbons (Fsp3) is 0. The zero-order valence-electron chi connectivity index (χ0n) is 7.77. The third-order valence-corrected chi connectivity index (χ3v) is 2.23. The lowest BCUT2D eigenvalue weighted by atomic mass is 10.2. The second kappa shape index (κ2) is 2.84. The van der Waals surface area contributed by atoms with E-state index in [-0.39, 0.29) is 0 Å². The van der Waals surface area contributed by atoms with Crippen LogP contribution in [0.2, 0.25) is 0 Å². The van der Waals surface area contributed by atoms with Crippen molar-refractivity contribution in [2.24, 2.45) is 0 Å². The number of rotatable bonds is 1. The molecule has 0 aliphatic carbocycles. The third-order valence-electron chi connectivity index (χ3n) is 2.23. The molecule has 0 amide bonds. The first-order valence-electron chi connectivity index (χ1n) is 4.50. The predicted molar refractivity (Wildman–Crippen MR) is 56.0 cm³/mol. The molecule has 2 aromatic heterocycles. The zero-order chi connectivity index (χ0) is 10.3. The van der Waals surface area contributed by atoms with E-state index in [2.05, 4.69) is 15.4 Å². The van der Waals surface area contributed by atoms with Crippen LogP contribution < -0.4 is 5.73 Å². The van der Waals surface area contributed by atoms with Gasteiger partial charge in [-0.1, -0.05) is 23.4 Å². The van der Waals surface area contributed by atoms with Crippen LogP contribution in [-0.2, 0) is 0 Å². The van der Waals surface area contributed by atoms with Crippen molar-refractivity contribution in [3.63, 3.8) is 0 Å². The van der Waals surface area contributed by atoms with E-state index in [0.29, 0.717) is 11.6 Å². The fourth-order valence-corrected chi connectivity index (χ4v) is 1.55. The summed E-state index contributed by atoms with van der Waals surface area (Å²) in [6, 6.07) is 9.46. The number of para-hydroxylation sites is 1. The first-order chi connectivity index (χ1) is 7.34. The van der Waals surface area contributed by atoms with Gasteiger partial charge in [0.15, 0.2) is 11.6 Å². The summed E-state index contributed by atoms with van der Waals surface area (Å²) < 4.78 is 5.06. The number of nitrogen functional groups attached to an aromatic ring is 1. The normalized spacial score (nSPS) is 10.9. The molecule has 1 aromatic carbocycles. The van der Waals surface area contributed by atoms with Gasteiger partial charge in [0.25, 0.3) is 0 Å². The SMILES string of the molecule is Nc1cc(-c2n[nH]c3ccccc23)on1. The van der Waals surface area contributed by atoms with Gasteiger partial charge in [0.2, 0.25) is 0 Å². The van der Waals surface area contributed by atoms with Crippen LogP contribution in [0, 0.1) is 0 Å². The Morgan fingerprint density at radius 3 is 2.93 bits per heavy atom. The minimum atomic E-state index is 0.358. The van der Waals surface area contributed by atoms with Crippen molar-refractivity contribution in [2.75, 3.05) is 5.73 Å². The van der Waals surface area contributed by atoms with Crippen LogP contribution in [0.4, 0.5) is 5.82 Å². The molecule has 0 spiro atoms. The zero-order valence-corrected chi connectivity index (χ0v) is 7.77. The molecule has 0 unspecified atom stereocenters. The number of hydrogen-bond donors (Lipinski definition) is 2. The summed E-state index contributed by atoms with van der Waals surface area (Å²) in [6.07, 6.45) is 0. The number of nitrogens with one attached hydrogen (secondary N) is 1. The highest BCUT2D eigenvalue weighted by molar-refractivity contribution is 5.91. The molecule has 3 rings (SSSR count). The fourth-order valence-electron chi connectivity index (χ4n) is 1.55. The molecule has 0 fully saturated rings. The lowest BCUT2D eigenvalue weighted by Crippen LogP contribution is -1.80. The number of anilines is 1. The van der Waals surface area contributed by atoms with E-state index >= 15 is 0 Å². The molecule has 0 bridgehead atoms. The topological polar surface area (TPSA) is 80.7 Å². The van der Waals surface area contributed by atoms with Crippen LogP contribution in [-0.4, -0.2) is 15.4 Å². The number of nitrogens with two attached hydrogens (primary N) is 1. The Hall–Kier alpha value is -2.30. The molecule has 0 aliphatic heterocycles. The summed E-state index contributed by atoms with van der Waals surface area (Å²) in [5.74, 6) is 0.932. The number of aromatic nitrogens is 3. The molecule has 2 heterocycles. The van der Waals surface area contributed by atoms with Gasteiger partial charge in [-0.2, -0.15) is 5.10 Å². The van der Waals surface area contributed by atoms with Crippen molar-refractivity contribution in [3.8, 4) is 11.5 Å². The van der Waals surface area contributed by atoms with E-state index in [1.807, 2.05) is 24.3 Å². The highest BCUT2D eigenvalue weighted by Gasteiger charge is 2.11. The summed E-state index contributed by atoms with van der Waals surface area (Å²) in [6.45, 7) is 0. The molecule has 74 valence electrons. The highest BCUT2D eigenvalue weighted by atomic mass is 16.5. The van der Waals surface area contributed by atoms with Gasteiger partial charge in [-0.05, 0) is 6.07 Å². The number of aromatic amines is 1. The van der Waals surface area contributed by atoms with Gasteiger partial charge in [-0.15, -0.1) is 0 Å². The summed E-state index contributed by atoms with van der Waals surface area (Å²) >= 11 is 0. The molecular weight excluding hydrogens is 192 g/mol. The Morgan fingerprint density at radius 2 is 2.13 bits per heavy atom. The largest absolute Gasteiger partial charge is 0.381 e. The summed E-state index contributed by atoms with van der Waals surface area (Å²) in [5.41, 5.74) is 7.18. The van der Waals surface area contributed by atoms with E-state index in [1.165, 1.54) is 0 Å². The van der Waals surface area contributed by atoms with Crippen LogP contribution in [0.5, 0.6) is 0 Å². The third kappa shape index (κ3) is 1.17. The maximum absolute atomic E-state index is 5.49. The lowest BCUT2D eigenvalue weighted by Gasteiger charge is -1.89. The first-order valence-corrected chi connectivity index (χ1v) is 4.50. The predicted octanol–water partition coefficient (Wildman–Crippen LogP) is 1.80. The van der Waals surface area contributed by atoms with Gasteiger partial charge >= 0.3 is 0 Å². The van der Waals surface area contributed by atoms with Gasteiger partial charge in [-0.3, -0.25) is 5.10 Å². The molecule has 3 aromatic rings. The minimum absolute atomic E-state index is 0.358. The van der Waals surface area contributed by atoms with Crippen LogP contribution in [0.15, 0.2) is 34.9 Å². The maximum atomic E-state index is 5.49. The number of benzene rings is 1. The van der Waals surface area contributed by atoms with E-state index in [1.54, 1.807) is 6.07 Å². The molecule has 0 aliphatic rings. The number of nitrogens with zero attached hydrogens (tertiary/aromatic N) is 2. The Labute approximate surface area is 84.9 Å². The lowest BCUT2D eigenvalue weighted by molar-refractivity contribution is 0.435. The Morgan fingerprint density at radius 1 is 1.27 bits per heavy atom. The summed E-state index contributed by atoms with van der Waals surface area (Å²) in [7, 11) is 0. The van der Waals surface area contributed by atoms with Crippen molar-refractivity contribution >= 4 is 16.7 Å². The molecule has 3 N–H and O–H groups in total. The van der Waals surface area contributed by atoms with Crippen LogP contribution >= 0.6 is 0 Å². The van der Waals surface area contributed by atoms with E-state index in [4.69, 9.17) is 10.3 Å². The van der Waals surface area contributed by atoms with Gasteiger partial charge in [-0.25, -0.2) is 0 Å². The number of fused-ring (bicyclic) bond motifs is 1. The molecule has 0 atom stereocenters. The monoisotopic (exact) mass is 200 g/mol. The standard InChI is InChI=1S/C10H8N4O/c11-9-5-8(15-14-9)10-6-3-1-2-4-7(6)12-13-10/h1-5H,(H2,11,14)(H,12,13). The summed E-state index contributed by atoms with van der Waals surface area (Å²) in [4.78, 5) is 0. The molecular formula is C10H8N4O. The van der Waals surface area contributed by atoms with Crippen molar-refractivity contribution in [1.29, 1.82) is 0 Å². The molecule has 5 nitrogen and oxygen atoms in total. The molecule has 0 saturated heterocycles. The molecule has 0 saturated carbocycles. The van der Waals surface area contributed by atoms with Crippen molar-refractivity contribution in [2.45, 2.75) is 0 Å². The van der Waals surface area contributed by atoms with Gasteiger partial charge in [0, 0.05) is 11.5 Å². The highest BCUT2D eigenvalue weighted by Crippen LogP contribution is 2.26. The molecule has 15 heavy (non-hydrogen) atoms. The molecule has 5 heteroatoms. The number of hydrogen-bond acceptors (Lipinski definition) is 4. The average Bonchev–Trinajstić information content (AvgIpc) is 2.83. The smallest absolute Gasteiger partial charge is 0.189 e. The van der Waals surface area contributed by atoms with E-state index in [0.717, 1.165) is 16.6 Å². The van der Waals surface area contributed by atoms with E-state index in [9.17, 15) is 0 Å². The van der Waals surface area contributed by atoms with Gasteiger partial charge < -0.3 is 10.3 Å². The van der Waals surface area contributed by atoms with Crippen molar-refractivity contribution in [3.05, 3.63) is 30.3 Å². The summed E-state index contributed by atoms with van der Waals surface area (Å²) in [5, 5.41) is 11.7. The maximum Gasteiger partial charge on any atom is 0.189 e. The van der Waals surface area contributed by atoms with Crippen LogP contribution in [0.3, 0.4) is 0 Å².